The number of benzene rings is 3. The molecule has 4 aromatic rings. The summed E-state index contributed by atoms with van der Waals surface area (Å²) in [5, 5.41) is 20.4. The molecule has 0 spiro atoms. The second-order valence-corrected chi connectivity index (χ2v) is 11.7. The van der Waals surface area contributed by atoms with Crippen LogP contribution in [-0.4, -0.2) is 46.8 Å². The lowest BCUT2D eigenvalue weighted by Crippen LogP contribution is -2.29. The van der Waals surface area contributed by atoms with Crippen molar-refractivity contribution in [2.24, 2.45) is 0 Å². The van der Waals surface area contributed by atoms with Crippen LogP contribution in [0.25, 0.3) is 5.76 Å². The van der Waals surface area contributed by atoms with Gasteiger partial charge in [-0.15, -0.1) is 10.2 Å². The molecule has 0 radical (unpaired) electrons. The molecule has 1 N–H and O–H groups in total. The molecule has 1 amide bonds. The van der Waals surface area contributed by atoms with Crippen molar-refractivity contribution in [1.82, 2.24) is 10.2 Å². The first-order chi connectivity index (χ1) is 21.4. The third kappa shape index (κ3) is 6.63. The number of amides is 1. The van der Waals surface area contributed by atoms with Gasteiger partial charge >= 0.3 is 5.91 Å². The van der Waals surface area contributed by atoms with Crippen molar-refractivity contribution < 1.29 is 28.9 Å². The van der Waals surface area contributed by atoms with Crippen LogP contribution in [0.5, 0.6) is 17.2 Å². The second kappa shape index (κ2) is 14.2. The zero-order chi connectivity index (χ0) is 31.1. The van der Waals surface area contributed by atoms with Crippen molar-refractivity contribution in [2.45, 2.75) is 30.0 Å². The average molecular weight is 630 g/mol. The quantitative estimate of drug-likeness (QED) is 0.0425. The predicted molar refractivity (Wildman–Crippen MR) is 172 cm³/mol. The van der Waals surface area contributed by atoms with Gasteiger partial charge in [0.05, 0.1) is 24.8 Å². The van der Waals surface area contributed by atoms with Crippen LogP contribution in [0.4, 0.5) is 5.13 Å². The van der Waals surface area contributed by atoms with Crippen molar-refractivity contribution in [3.05, 3.63) is 108 Å². The molecular formula is C33H31N3O6S2. The maximum absolute atomic E-state index is 13.7. The summed E-state index contributed by atoms with van der Waals surface area (Å²) in [4.78, 5) is 28.6. The number of ether oxygens (including phenoxy) is 3. The van der Waals surface area contributed by atoms with Gasteiger partial charge in [0, 0.05) is 11.3 Å². The van der Waals surface area contributed by atoms with Crippen molar-refractivity contribution in [1.29, 1.82) is 0 Å². The van der Waals surface area contributed by atoms with Crippen LogP contribution in [0.15, 0.2) is 95.4 Å². The Balaban J connectivity index is 1.58. The molecule has 3 aromatic carbocycles. The maximum atomic E-state index is 13.7. The lowest BCUT2D eigenvalue weighted by molar-refractivity contribution is -0.132. The number of ketones is 1. The lowest BCUT2D eigenvalue weighted by Gasteiger charge is -2.23. The Morgan fingerprint density at radius 3 is 2.43 bits per heavy atom. The fourth-order valence-electron chi connectivity index (χ4n) is 4.68. The number of aliphatic hydroxyl groups excluding tert-OH is 1. The number of carbonyl (C=O) groups excluding carboxylic acids is 2. The van der Waals surface area contributed by atoms with Crippen LogP contribution in [-0.2, 0) is 15.3 Å². The van der Waals surface area contributed by atoms with Gasteiger partial charge in [0.15, 0.2) is 15.8 Å². The summed E-state index contributed by atoms with van der Waals surface area (Å²) < 4.78 is 17.8. The van der Waals surface area contributed by atoms with E-state index in [0.717, 1.165) is 5.56 Å². The molecule has 1 atom stereocenters. The van der Waals surface area contributed by atoms with Gasteiger partial charge in [-0.05, 0) is 61.4 Å². The monoisotopic (exact) mass is 629 g/mol. The van der Waals surface area contributed by atoms with E-state index in [1.807, 2.05) is 44.2 Å². The van der Waals surface area contributed by atoms with Crippen LogP contribution >= 0.6 is 23.1 Å². The molecule has 44 heavy (non-hydrogen) atoms. The average Bonchev–Trinajstić information content (AvgIpc) is 3.62. The van der Waals surface area contributed by atoms with Crippen LogP contribution in [0.3, 0.4) is 0 Å². The molecule has 2 heterocycles. The lowest BCUT2D eigenvalue weighted by atomic mass is 9.95. The van der Waals surface area contributed by atoms with Crippen molar-refractivity contribution >= 4 is 45.7 Å². The fraction of sp³-hybridized carbons (Fsp3) is 0.212. The van der Waals surface area contributed by atoms with E-state index in [1.54, 1.807) is 48.5 Å². The number of hydrogen-bond donors (Lipinski definition) is 1. The van der Waals surface area contributed by atoms with Crippen LogP contribution in [0, 0.1) is 0 Å². The van der Waals surface area contributed by atoms with Gasteiger partial charge in [-0.25, -0.2) is 0 Å². The van der Waals surface area contributed by atoms with Gasteiger partial charge in [-0.2, -0.15) is 0 Å². The van der Waals surface area contributed by atoms with E-state index in [0.29, 0.717) is 51.7 Å². The number of nitrogens with zero attached hydrogens (tertiary/aromatic N) is 3. The van der Waals surface area contributed by atoms with Gasteiger partial charge in [0.2, 0.25) is 5.13 Å². The molecule has 5 rings (SSSR count). The van der Waals surface area contributed by atoms with E-state index in [2.05, 4.69) is 16.8 Å². The minimum Gasteiger partial charge on any atom is -0.507 e. The number of aliphatic hydroxyl groups is 1. The molecule has 1 aliphatic rings. The van der Waals surface area contributed by atoms with E-state index in [9.17, 15) is 14.7 Å². The zero-order valence-corrected chi connectivity index (χ0v) is 25.9. The Kier molecular flexibility index (Phi) is 9.98. The fourth-order valence-corrected chi connectivity index (χ4v) is 6.51. The van der Waals surface area contributed by atoms with E-state index in [4.69, 9.17) is 14.2 Å². The minimum absolute atomic E-state index is 0.0740. The Labute approximate surface area is 263 Å². The van der Waals surface area contributed by atoms with E-state index in [1.165, 1.54) is 28.0 Å². The number of Topliss-reactive ketones (excluding diaryl/α,β-unsaturated/α-hetero) is 1. The molecule has 226 valence electrons. The highest BCUT2D eigenvalue weighted by atomic mass is 32.2. The van der Waals surface area contributed by atoms with Crippen LogP contribution in [0.1, 0.15) is 36.6 Å². The molecule has 1 aromatic heterocycles. The molecule has 0 bridgehead atoms. The van der Waals surface area contributed by atoms with Gasteiger partial charge in [-0.1, -0.05) is 72.2 Å². The number of aromatic nitrogens is 2. The standard InChI is InChI=1S/C33H31N3O6S2/c1-4-18-42-25-17-14-23(19-26(25)41-6-3)28-27(29(37)22-12-15-24(16-13-22)40-5-2)30(38)31(39)36(28)32-34-35-33(44-32)43-20-21-10-8-7-9-11-21/h4,7-17,19,28,37H,1,5-6,18,20H2,2-3H3/b29-27+. The second-order valence-electron chi connectivity index (χ2n) is 9.49. The molecule has 1 fully saturated rings. The minimum atomic E-state index is -1.01. The Morgan fingerprint density at radius 1 is 0.977 bits per heavy atom. The van der Waals surface area contributed by atoms with Crippen LogP contribution < -0.4 is 19.1 Å². The van der Waals surface area contributed by atoms with Gasteiger partial charge in [-0.3, -0.25) is 14.5 Å². The van der Waals surface area contributed by atoms with Gasteiger partial charge in [0.25, 0.3) is 5.78 Å². The first-order valence-corrected chi connectivity index (χ1v) is 15.8. The summed E-state index contributed by atoms with van der Waals surface area (Å²) in [7, 11) is 0. The normalized spacial score (nSPS) is 15.8. The molecule has 1 unspecified atom stereocenters. The Morgan fingerprint density at radius 2 is 1.73 bits per heavy atom. The third-order valence-corrected chi connectivity index (χ3v) is 8.76. The molecule has 0 saturated carbocycles. The smallest absolute Gasteiger partial charge is 0.301 e. The largest absolute Gasteiger partial charge is 0.507 e. The number of anilines is 1. The first-order valence-electron chi connectivity index (χ1n) is 14.0. The summed E-state index contributed by atoms with van der Waals surface area (Å²) in [5.74, 6) is 0.228. The van der Waals surface area contributed by atoms with Crippen molar-refractivity contribution in [3.63, 3.8) is 0 Å². The highest BCUT2D eigenvalue weighted by Crippen LogP contribution is 2.45. The molecule has 1 aliphatic heterocycles. The third-order valence-electron chi connectivity index (χ3n) is 6.63. The number of hydrogen-bond acceptors (Lipinski definition) is 10. The SMILES string of the molecule is C=CCOc1ccc(C2/C(=C(\O)c3ccc(OCC)cc3)C(=O)C(=O)N2c2nnc(SCc3ccccc3)s2)cc1OCC. The summed E-state index contributed by atoms with van der Waals surface area (Å²) in [6.07, 6.45) is 1.62. The number of rotatable bonds is 13. The van der Waals surface area contributed by atoms with Gasteiger partial charge < -0.3 is 19.3 Å². The van der Waals surface area contributed by atoms with E-state index in [-0.39, 0.29) is 23.1 Å². The zero-order valence-electron chi connectivity index (χ0n) is 24.3. The molecule has 9 nitrogen and oxygen atoms in total. The summed E-state index contributed by atoms with van der Waals surface area (Å²) in [5.41, 5.74) is 1.94. The van der Waals surface area contributed by atoms with E-state index >= 15 is 0 Å². The highest BCUT2D eigenvalue weighted by molar-refractivity contribution is 8.00. The number of thioether (sulfide) groups is 1. The molecular weight excluding hydrogens is 599 g/mol. The Bertz CT molecular complexity index is 1670. The maximum Gasteiger partial charge on any atom is 0.301 e. The topological polar surface area (TPSA) is 111 Å². The first kappa shape index (κ1) is 30.8. The van der Waals surface area contributed by atoms with Gasteiger partial charge in [0.1, 0.15) is 18.1 Å². The highest BCUT2D eigenvalue weighted by Gasteiger charge is 2.48. The molecule has 11 heteroatoms. The van der Waals surface area contributed by atoms with Crippen LogP contribution in [0.2, 0.25) is 0 Å². The summed E-state index contributed by atoms with van der Waals surface area (Å²) >= 11 is 2.69. The van der Waals surface area contributed by atoms with Crippen molar-refractivity contribution in [2.75, 3.05) is 24.7 Å². The summed E-state index contributed by atoms with van der Waals surface area (Å²) in [6.45, 7) is 8.53. The molecule has 0 aliphatic carbocycles. The van der Waals surface area contributed by atoms with Crippen molar-refractivity contribution in [3.8, 4) is 17.2 Å². The number of carbonyl (C=O) groups is 2. The molecule has 1 saturated heterocycles. The van der Waals surface area contributed by atoms with E-state index < -0.39 is 17.7 Å². The predicted octanol–water partition coefficient (Wildman–Crippen LogP) is 6.82. The Hall–Kier alpha value is -4.61. The summed E-state index contributed by atoms with van der Waals surface area (Å²) in [6, 6.07) is 20.8.